The molecule has 14 heteroatoms. The summed E-state index contributed by atoms with van der Waals surface area (Å²) in [5.41, 5.74) is -0.937. The van der Waals surface area contributed by atoms with Crippen molar-refractivity contribution in [2.75, 3.05) is 13.2 Å². The fraction of sp³-hybridized carbons (Fsp3) is 0.529. The van der Waals surface area contributed by atoms with Gasteiger partial charge in [0.25, 0.3) is 0 Å². The molecular formula is C34H40Cl6O8. The topological polar surface area (TPSA) is 105 Å². The van der Waals surface area contributed by atoms with Gasteiger partial charge in [-0.25, -0.2) is 19.2 Å². The highest BCUT2D eigenvalue weighted by atomic mass is 35.5. The van der Waals surface area contributed by atoms with E-state index in [-0.39, 0.29) is 55.2 Å². The number of benzene rings is 2. The summed E-state index contributed by atoms with van der Waals surface area (Å²) >= 11 is 37.4. The Morgan fingerprint density at radius 2 is 0.875 bits per heavy atom. The van der Waals surface area contributed by atoms with Gasteiger partial charge in [-0.15, -0.1) is 0 Å². The first-order chi connectivity index (χ1) is 22.4. The Hall–Kier alpha value is -1.94. The molecule has 2 atom stereocenters. The standard InChI is InChI=1S/C34H40Cl6O8/c1-17(2)9-7-11-19(5)15-45-31(41)25-27(39)21(35)13-23(37)29(25)47-33(43)34(44)48-30-24(38)14-22(36)28(40)26(30)32(42)46-16-20(6)12-8-10-18(3)4/h13-14,17-20H,7-12,15-16H2,1-6H3. The molecule has 8 nitrogen and oxygen atoms in total. The molecular weight excluding hydrogens is 749 g/mol. The Kier molecular flexibility index (Phi) is 17.6. The van der Waals surface area contributed by atoms with Crippen molar-refractivity contribution < 1.29 is 38.1 Å². The summed E-state index contributed by atoms with van der Waals surface area (Å²) in [6, 6.07) is 2.25. The summed E-state index contributed by atoms with van der Waals surface area (Å²) in [6.07, 6.45) is 5.58. The Labute approximate surface area is 311 Å². The van der Waals surface area contributed by atoms with Gasteiger partial charge >= 0.3 is 23.9 Å². The lowest BCUT2D eigenvalue weighted by molar-refractivity contribution is -0.156. The van der Waals surface area contributed by atoms with Crippen LogP contribution in [0.2, 0.25) is 30.1 Å². The van der Waals surface area contributed by atoms with Gasteiger partial charge < -0.3 is 18.9 Å². The van der Waals surface area contributed by atoms with Gasteiger partial charge in [0.2, 0.25) is 0 Å². The van der Waals surface area contributed by atoms with E-state index in [4.69, 9.17) is 88.6 Å². The van der Waals surface area contributed by atoms with Gasteiger partial charge in [-0.2, -0.15) is 0 Å². The van der Waals surface area contributed by atoms with Gasteiger partial charge in [-0.1, -0.05) is 137 Å². The third kappa shape index (κ3) is 12.7. The highest BCUT2D eigenvalue weighted by Crippen LogP contribution is 2.42. The van der Waals surface area contributed by atoms with Gasteiger partial charge in [0.05, 0.1) is 43.3 Å². The van der Waals surface area contributed by atoms with Gasteiger partial charge in [-0.05, 0) is 48.6 Å². The maximum absolute atomic E-state index is 13.1. The first kappa shape index (κ1) is 42.2. The lowest BCUT2D eigenvalue weighted by Crippen LogP contribution is -2.27. The van der Waals surface area contributed by atoms with Crippen molar-refractivity contribution in [2.24, 2.45) is 23.7 Å². The van der Waals surface area contributed by atoms with Crippen LogP contribution in [0.25, 0.3) is 0 Å². The first-order valence-corrected chi connectivity index (χ1v) is 17.8. The molecule has 0 radical (unpaired) electrons. The second kappa shape index (κ2) is 20.0. The molecule has 0 spiro atoms. The van der Waals surface area contributed by atoms with E-state index in [1.54, 1.807) is 0 Å². The molecule has 2 unspecified atom stereocenters. The second-order valence-corrected chi connectivity index (χ2v) is 14.9. The fourth-order valence-electron chi connectivity index (χ4n) is 4.49. The van der Waals surface area contributed by atoms with Crippen LogP contribution < -0.4 is 9.47 Å². The van der Waals surface area contributed by atoms with Crippen LogP contribution >= 0.6 is 69.6 Å². The normalized spacial score (nSPS) is 12.5. The molecule has 2 aromatic carbocycles. The van der Waals surface area contributed by atoms with Crippen molar-refractivity contribution in [1.82, 2.24) is 0 Å². The zero-order valence-electron chi connectivity index (χ0n) is 27.7. The minimum absolute atomic E-state index is 0.0204. The number of rotatable bonds is 16. The van der Waals surface area contributed by atoms with E-state index >= 15 is 0 Å². The molecule has 0 aliphatic heterocycles. The number of esters is 4. The van der Waals surface area contributed by atoms with Gasteiger partial charge in [0.15, 0.2) is 11.5 Å². The van der Waals surface area contributed by atoms with Crippen molar-refractivity contribution in [1.29, 1.82) is 0 Å². The number of hydrogen-bond acceptors (Lipinski definition) is 8. The van der Waals surface area contributed by atoms with Crippen molar-refractivity contribution >= 4 is 93.5 Å². The van der Waals surface area contributed by atoms with E-state index in [1.165, 1.54) is 0 Å². The number of carbonyl (C=O) groups excluding carboxylic acids is 4. The molecule has 0 amide bonds. The van der Waals surface area contributed by atoms with E-state index in [0.717, 1.165) is 50.7 Å². The maximum atomic E-state index is 13.1. The number of halogens is 6. The molecule has 0 aromatic heterocycles. The van der Waals surface area contributed by atoms with Crippen LogP contribution in [0.5, 0.6) is 11.5 Å². The summed E-state index contributed by atoms with van der Waals surface area (Å²) in [6.45, 7) is 12.4. The lowest BCUT2D eigenvalue weighted by Gasteiger charge is -2.17. The Morgan fingerprint density at radius 1 is 0.542 bits per heavy atom. The van der Waals surface area contributed by atoms with Crippen molar-refractivity contribution in [2.45, 2.75) is 80.1 Å². The van der Waals surface area contributed by atoms with Crippen LogP contribution in [0, 0.1) is 23.7 Å². The molecule has 266 valence electrons. The van der Waals surface area contributed by atoms with Crippen LogP contribution in [-0.4, -0.2) is 37.1 Å². The van der Waals surface area contributed by atoms with E-state index in [0.29, 0.717) is 11.8 Å². The highest BCUT2D eigenvalue weighted by Gasteiger charge is 2.32. The molecule has 0 bridgehead atoms. The molecule has 0 heterocycles. The monoisotopic (exact) mass is 786 g/mol. The molecule has 0 fully saturated rings. The van der Waals surface area contributed by atoms with Crippen LogP contribution in [-0.2, 0) is 19.1 Å². The number of ether oxygens (including phenoxy) is 4. The van der Waals surface area contributed by atoms with Gasteiger partial charge in [-0.3, -0.25) is 0 Å². The predicted octanol–water partition coefficient (Wildman–Crippen LogP) is 11.4. The largest absolute Gasteiger partial charge is 0.462 e. The van der Waals surface area contributed by atoms with Crippen LogP contribution in [0.3, 0.4) is 0 Å². The van der Waals surface area contributed by atoms with E-state index in [9.17, 15) is 19.2 Å². The molecule has 0 N–H and O–H groups in total. The quantitative estimate of drug-likeness (QED) is 0.0716. The van der Waals surface area contributed by atoms with Gasteiger partial charge in [0, 0.05) is 0 Å². The molecule has 0 saturated carbocycles. The number of hydrogen-bond donors (Lipinski definition) is 0. The zero-order chi connectivity index (χ0) is 36.3. The maximum Gasteiger partial charge on any atom is 0.423 e. The smallest absolute Gasteiger partial charge is 0.423 e. The van der Waals surface area contributed by atoms with E-state index < -0.39 is 46.5 Å². The second-order valence-electron chi connectivity index (χ2n) is 12.6. The molecule has 0 aliphatic carbocycles. The molecule has 0 aliphatic rings. The first-order valence-electron chi connectivity index (χ1n) is 15.6. The summed E-state index contributed by atoms with van der Waals surface area (Å²) in [4.78, 5) is 52.2. The fourth-order valence-corrected chi connectivity index (χ4v) is 5.92. The average Bonchev–Trinajstić information content (AvgIpc) is 2.99. The Bertz CT molecular complexity index is 1370. The van der Waals surface area contributed by atoms with Crippen molar-refractivity contribution in [3.8, 4) is 11.5 Å². The highest BCUT2D eigenvalue weighted by molar-refractivity contribution is 6.47. The molecule has 2 rings (SSSR count). The predicted molar refractivity (Wildman–Crippen MR) is 190 cm³/mol. The van der Waals surface area contributed by atoms with Crippen molar-refractivity contribution in [3.05, 3.63) is 53.4 Å². The number of carbonyl (C=O) groups is 4. The van der Waals surface area contributed by atoms with E-state index in [2.05, 4.69) is 27.7 Å². The zero-order valence-corrected chi connectivity index (χ0v) is 32.2. The summed E-state index contributed by atoms with van der Waals surface area (Å²) in [5.74, 6) is -5.30. The summed E-state index contributed by atoms with van der Waals surface area (Å²) in [5, 5.41) is -1.51. The summed E-state index contributed by atoms with van der Waals surface area (Å²) < 4.78 is 21.2. The third-order valence-electron chi connectivity index (χ3n) is 7.17. The molecule has 0 saturated heterocycles. The van der Waals surface area contributed by atoms with Gasteiger partial charge in [0.1, 0.15) is 11.1 Å². The van der Waals surface area contributed by atoms with Crippen LogP contribution in [0.1, 0.15) is 101 Å². The Balaban J connectivity index is 2.26. The average molecular weight is 789 g/mol. The summed E-state index contributed by atoms with van der Waals surface area (Å²) in [7, 11) is 0. The van der Waals surface area contributed by atoms with E-state index in [1.807, 2.05) is 13.8 Å². The molecule has 2 aromatic rings. The third-order valence-corrected chi connectivity index (χ3v) is 9.31. The Morgan fingerprint density at radius 3 is 1.19 bits per heavy atom. The minimum atomic E-state index is -1.65. The van der Waals surface area contributed by atoms with Crippen molar-refractivity contribution in [3.63, 3.8) is 0 Å². The molecule has 48 heavy (non-hydrogen) atoms. The SMILES string of the molecule is CC(C)CCCC(C)COC(=O)c1c(Cl)c(Cl)cc(Cl)c1OC(=O)C(=O)Oc1c(Cl)cc(Cl)c(Cl)c1C(=O)OCC(C)CCCC(C)C. The lowest BCUT2D eigenvalue weighted by atomic mass is 10.0. The minimum Gasteiger partial charge on any atom is -0.462 e. The van der Waals surface area contributed by atoms with Crippen LogP contribution in [0.15, 0.2) is 12.1 Å². The van der Waals surface area contributed by atoms with Crippen LogP contribution in [0.4, 0.5) is 0 Å².